The van der Waals surface area contributed by atoms with Crippen molar-refractivity contribution in [3.8, 4) is 5.75 Å². The number of phenols is 1. The third-order valence-corrected chi connectivity index (χ3v) is 6.82. The molecule has 4 aliphatic heterocycles. The highest BCUT2D eigenvalue weighted by atomic mass is 16.3. The van der Waals surface area contributed by atoms with Crippen molar-refractivity contribution in [2.45, 2.75) is 44.2 Å². The molecule has 6 nitrogen and oxygen atoms in total. The molecular formula is C22H26N4O2. The number of benzene rings is 1. The van der Waals surface area contributed by atoms with Crippen molar-refractivity contribution < 1.29 is 9.90 Å². The molecule has 2 aromatic rings. The van der Waals surface area contributed by atoms with Gasteiger partial charge in [-0.25, -0.2) is 9.97 Å². The molecule has 5 heterocycles. The van der Waals surface area contributed by atoms with Crippen LogP contribution in [0.4, 0.5) is 0 Å². The zero-order valence-electron chi connectivity index (χ0n) is 16.2. The number of hydrogen-bond donors (Lipinski definition) is 1. The Morgan fingerprint density at radius 1 is 1.18 bits per heavy atom. The summed E-state index contributed by atoms with van der Waals surface area (Å²) in [6.07, 6.45) is 6.42. The lowest BCUT2D eigenvalue weighted by atomic mass is 9.75. The van der Waals surface area contributed by atoms with Gasteiger partial charge in [-0.05, 0) is 49.5 Å². The quantitative estimate of drug-likeness (QED) is 0.888. The van der Waals surface area contributed by atoms with Gasteiger partial charge >= 0.3 is 0 Å². The van der Waals surface area contributed by atoms with Crippen molar-refractivity contribution in [2.75, 3.05) is 19.6 Å². The van der Waals surface area contributed by atoms with Crippen LogP contribution in [-0.2, 0) is 6.42 Å². The first-order valence-electron chi connectivity index (χ1n) is 10.3. The monoisotopic (exact) mass is 378 g/mol. The second kappa shape index (κ2) is 6.85. The van der Waals surface area contributed by atoms with Gasteiger partial charge in [0, 0.05) is 37.3 Å². The van der Waals surface area contributed by atoms with E-state index in [9.17, 15) is 9.90 Å². The number of likely N-dealkylation sites (tertiary alicyclic amines) is 1. The van der Waals surface area contributed by atoms with E-state index in [1.54, 1.807) is 18.5 Å². The number of carbonyl (C=O) groups is 1. The average molecular weight is 378 g/mol. The summed E-state index contributed by atoms with van der Waals surface area (Å²) in [7, 11) is 0. The summed E-state index contributed by atoms with van der Waals surface area (Å²) in [5, 5.41) is 9.99. The van der Waals surface area contributed by atoms with Gasteiger partial charge in [-0.1, -0.05) is 19.1 Å². The highest BCUT2D eigenvalue weighted by Gasteiger charge is 2.54. The SMILES string of the molecule is CCc1ncc(C(=O)N2C[C@@H](c3cccc(O)c3)[C@@H]3[C@H]2C2CCN3CC2)cn1. The number of rotatable bonds is 3. The molecule has 1 N–H and O–H groups in total. The van der Waals surface area contributed by atoms with Gasteiger partial charge in [0.1, 0.15) is 11.6 Å². The zero-order valence-corrected chi connectivity index (χ0v) is 16.2. The molecule has 1 aromatic heterocycles. The fraction of sp³-hybridized carbons (Fsp3) is 0.500. The number of carbonyl (C=O) groups excluding carboxylic acids is 1. The number of fused-ring (bicyclic) bond motifs is 2. The second-order valence-electron chi connectivity index (χ2n) is 8.26. The van der Waals surface area contributed by atoms with E-state index in [1.807, 2.05) is 19.1 Å². The van der Waals surface area contributed by atoms with E-state index in [4.69, 9.17) is 0 Å². The normalized spacial score (nSPS) is 31.0. The molecule has 146 valence electrons. The molecule has 2 bridgehead atoms. The van der Waals surface area contributed by atoms with Crippen LogP contribution in [0.15, 0.2) is 36.7 Å². The van der Waals surface area contributed by atoms with Crippen LogP contribution in [0.25, 0.3) is 0 Å². The Hall–Kier alpha value is -2.47. The molecule has 0 spiro atoms. The van der Waals surface area contributed by atoms with Crippen LogP contribution in [-0.4, -0.2) is 62.5 Å². The summed E-state index contributed by atoms with van der Waals surface area (Å²) >= 11 is 0. The molecule has 28 heavy (non-hydrogen) atoms. The number of aromatic nitrogens is 2. The van der Waals surface area contributed by atoms with Gasteiger partial charge in [-0.15, -0.1) is 0 Å². The second-order valence-corrected chi connectivity index (χ2v) is 8.26. The molecule has 0 radical (unpaired) electrons. The van der Waals surface area contributed by atoms with Gasteiger partial charge in [0.05, 0.1) is 11.6 Å². The lowest BCUT2D eigenvalue weighted by Gasteiger charge is -2.51. The predicted octanol–water partition coefficient (Wildman–Crippen LogP) is 2.45. The third-order valence-electron chi connectivity index (χ3n) is 6.82. The average Bonchev–Trinajstić information content (AvgIpc) is 3.17. The van der Waals surface area contributed by atoms with E-state index in [0.29, 0.717) is 29.8 Å². The molecular weight excluding hydrogens is 352 g/mol. The van der Waals surface area contributed by atoms with E-state index in [1.165, 1.54) is 0 Å². The summed E-state index contributed by atoms with van der Waals surface area (Å²) in [6.45, 7) is 4.91. The van der Waals surface area contributed by atoms with Crippen molar-refractivity contribution in [2.24, 2.45) is 5.92 Å². The molecule has 4 fully saturated rings. The van der Waals surface area contributed by atoms with E-state index >= 15 is 0 Å². The first kappa shape index (κ1) is 17.6. The molecule has 1 amide bonds. The van der Waals surface area contributed by atoms with Gasteiger partial charge in [0.25, 0.3) is 5.91 Å². The van der Waals surface area contributed by atoms with Gasteiger partial charge in [-0.3, -0.25) is 9.69 Å². The Balaban J connectivity index is 1.50. The highest BCUT2D eigenvalue weighted by molar-refractivity contribution is 5.94. The maximum absolute atomic E-state index is 13.4. The summed E-state index contributed by atoms with van der Waals surface area (Å²) in [4.78, 5) is 26.7. The number of amides is 1. The molecule has 3 atom stereocenters. The van der Waals surface area contributed by atoms with Crippen LogP contribution < -0.4 is 0 Å². The van der Waals surface area contributed by atoms with Crippen LogP contribution in [0.3, 0.4) is 0 Å². The van der Waals surface area contributed by atoms with Crippen molar-refractivity contribution >= 4 is 5.91 Å². The molecule has 6 rings (SSSR count). The topological polar surface area (TPSA) is 69.6 Å². The molecule has 0 unspecified atom stereocenters. The van der Waals surface area contributed by atoms with Gasteiger partial charge in [0.2, 0.25) is 0 Å². The fourth-order valence-corrected chi connectivity index (χ4v) is 5.52. The molecule has 6 heteroatoms. The van der Waals surface area contributed by atoms with Crippen LogP contribution in [0.2, 0.25) is 0 Å². The fourth-order valence-electron chi connectivity index (χ4n) is 5.52. The maximum Gasteiger partial charge on any atom is 0.257 e. The lowest BCUT2D eigenvalue weighted by Crippen LogP contribution is -2.60. The highest BCUT2D eigenvalue weighted by Crippen LogP contribution is 2.47. The minimum Gasteiger partial charge on any atom is -0.508 e. The van der Waals surface area contributed by atoms with E-state index in [0.717, 1.165) is 43.7 Å². The Labute approximate surface area is 165 Å². The number of nitrogens with zero attached hydrogens (tertiary/aromatic N) is 4. The van der Waals surface area contributed by atoms with Crippen molar-refractivity contribution in [1.82, 2.24) is 19.8 Å². The molecule has 0 saturated carbocycles. The van der Waals surface area contributed by atoms with E-state index < -0.39 is 0 Å². The van der Waals surface area contributed by atoms with Gasteiger partial charge in [0.15, 0.2) is 0 Å². The third kappa shape index (κ3) is 2.78. The number of hydrogen-bond acceptors (Lipinski definition) is 5. The van der Waals surface area contributed by atoms with Gasteiger partial charge in [-0.2, -0.15) is 0 Å². The number of piperidine rings is 3. The van der Waals surface area contributed by atoms with Crippen LogP contribution in [0.5, 0.6) is 5.75 Å². The number of aryl methyl sites for hydroxylation is 1. The van der Waals surface area contributed by atoms with Gasteiger partial charge < -0.3 is 10.0 Å². The first-order valence-corrected chi connectivity index (χ1v) is 10.3. The summed E-state index contributed by atoms with van der Waals surface area (Å²) in [5.41, 5.74) is 1.69. The minimum absolute atomic E-state index is 0.0362. The van der Waals surface area contributed by atoms with Crippen molar-refractivity contribution in [1.29, 1.82) is 0 Å². The lowest BCUT2D eigenvalue weighted by molar-refractivity contribution is -0.00344. The Morgan fingerprint density at radius 3 is 2.61 bits per heavy atom. The maximum atomic E-state index is 13.4. The Bertz CT molecular complexity index is 876. The van der Waals surface area contributed by atoms with E-state index in [-0.39, 0.29) is 17.9 Å². The summed E-state index contributed by atoms with van der Waals surface area (Å²) < 4.78 is 0. The smallest absolute Gasteiger partial charge is 0.257 e. The first-order chi connectivity index (χ1) is 13.7. The molecule has 1 aromatic carbocycles. The van der Waals surface area contributed by atoms with Crippen molar-refractivity contribution in [3.05, 3.63) is 53.6 Å². The van der Waals surface area contributed by atoms with E-state index in [2.05, 4.69) is 25.8 Å². The van der Waals surface area contributed by atoms with Crippen LogP contribution in [0.1, 0.15) is 47.4 Å². The predicted molar refractivity (Wildman–Crippen MR) is 105 cm³/mol. The Morgan fingerprint density at radius 2 is 1.93 bits per heavy atom. The van der Waals surface area contributed by atoms with Crippen molar-refractivity contribution in [3.63, 3.8) is 0 Å². The zero-order chi connectivity index (χ0) is 19.3. The minimum atomic E-state index is 0.0362. The molecule has 0 aliphatic carbocycles. The van der Waals surface area contributed by atoms with Crippen LogP contribution >= 0.6 is 0 Å². The summed E-state index contributed by atoms with van der Waals surface area (Å²) in [6, 6.07) is 8.11. The largest absolute Gasteiger partial charge is 0.508 e. The number of aromatic hydroxyl groups is 1. The number of phenolic OH excluding ortho intramolecular Hbond substituents is 1. The standard InChI is InChI=1S/C22H26N4O2/c1-2-19-23-11-16(12-24-19)22(28)26-13-18(15-4-3-5-17(27)10-15)21-20(26)14-6-8-25(21)9-7-14/h3-5,10-12,14,18,20-21,27H,2,6-9,13H2,1H3/t18-,20+,21+/m0/s1. The Kier molecular flexibility index (Phi) is 4.31. The summed E-state index contributed by atoms with van der Waals surface area (Å²) in [5.74, 6) is 1.86. The molecule has 4 saturated heterocycles. The molecule has 4 aliphatic rings. The van der Waals surface area contributed by atoms with Crippen LogP contribution in [0, 0.1) is 5.92 Å².